The summed E-state index contributed by atoms with van der Waals surface area (Å²) >= 11 is 8.66. The van der Waals surface area contributed by atoms with Gasteiger partial charge in [-0.1, -0.05) is 158 Å². The maximum atomic E-state index is 14.3. The number of anilines is 1. The number of aliphatic carboxylic acids is 1. The van der Waals surface area contributed by atoms with Crippen molar-refractivity contribution in [1.29, 1.82) is 0 Å². The average Bonchev–Trinajstić information content (AvgIpc) is 1.58. The van der Waals surface area contributed by atoms with Crippen LogP contribution in [0.3, 0.4) is 0 Å². The van der Waals surface area contributed by atoms with Gasteiger partial charge in [0.05, 0.1) is 27.3 Å². The van der Waals surface area contributed by atoms with Gasteiger partial charge in [-0.05, 0) is 192 Å². The number of hydrogen-bond donors (Lipinski definition) is 1. The van der Waals surface area contributed by atoms with Gasteiger partial charge in [-0.3, -0.25) is 28.6 Å². The van der Waals surface area contributed by atoms with Crippen molar-refractivity contribution in [3.8, 4) is 11.8 Å². The normalized spacial score (nSPS) is 24.4. The van der Waals surface area contributed by atoms with E-state index in [-0.39, 0.29) is 57.0 Å². The fourth-order valence-electron chi connectivity index (χ4n) is 16.9. The number of rotatable bonds is 10. The van der Waals surface area contributed by atoms with Crippen LogP contribution in [0.15, 0.2) is 33.9 Å². The fraction of sp³-hybridized carbons (Fsp3) is 0.566. The summed E-state index contributed by atoms with van der Waals surface area (Å²) in [5, 5.41) is 10.9. The van der Waals surface area contributed by atoms with Gasteiger partial charge in [0.15, 0.2) is 0 Å². The Morgan fingerprint density at radius 1 is 0.649 bits per heavy atom. The molecule has 492 valence electrons. The molecule has 5 aliphatic carbocycles. The maximum absolute atomic E-state index is 14.3. The molecule has 1 N–H and O–H groups in total. The number of carbonyl (C=O) groups is 2. The number of carbonyl (C=O) groups excluding carboxylic acids is 1. The Balaban J connectivity index is 0.00000848. The van der Waals surface area contributed by atoms with E-state index < -0.39 is 18.1 Å². The van der Waals surface area contributed by atoms with Gasteiger partial charge in [0.2, 0.25) is 0 Å². The van der Waals surface area contributed by atoms with Gasteiger partial charge in [-0.2, -0.15) is 0 Å². The molecule has 3 aliphatic heterocycles. The van der Waals surface area contributed by atoms with Crippen molar-refractivity contribution in [1.82, 2.24) is 34.0 Å². The number of nitrogens with zero attached hydrogens (tertiary/aromatic N) is 8. The molecule has 8 heterocycles. The van der Waals surface area contributed by atoms with Crippen molar-refractivity contribution in [3.63, 3.8) is 0 Å². The zero-order valence-electron chi connectivity index (χ0n) is 56.5. The minimum absolute atomic E-state index is 0. The van der Waals surface area contributed by atoms with Crippen LogP contribution in [0.25, 0.3) is 57.5 Å². The first-order valence-electron chi connectivity index (χ1n) is 35.0. The van der Waals surface area contributed by atoms with E-state index in [0.717, 1.165) is 125 Å². The Morgan fingerprint density at radius 2 is 1.16 bits per heavy atom. The smallest absolute Gasteiger partial charge is 0.656 e. The van der Waals surface area contributed by atoms with Crippen molar-refractivity contribution in [2.45, 2.75) is 234 Å². The molecule has 94 heavy (non-hydrogen) atoms. The second-order valence-electron chi connectivity index (χ2n) is 29.9. The summed E-state index contributed by atoms with van der Waals surface area (Å²) in [6.07, 6.45) is 35.6. The second-order valence-corrected chi connectivity index (χ2v) is 33.5. The van der Waals surface area contributed by atoms with E-state index in [1.54, 1.807) is 4.57 Å². The van der Waals surface area contributed by atoms with Crippen LogP contribution in [0.5, 0.6) is 0 Å². The number of carboxylic acids is 1. The van der Waals surface area contributed by atoms with Gasteiger partial charge in [-0.25, -0.2) is 9.97 Å². The first-order chi connectivity index (χ1) is 44.7. The average molecular weight is 1390 g/mol. The molecule has 0 spiro atoms. The molecule has 13 nitrogen and oxygen atoms in total. The topological polar surface area (TPSA) is 159 Å². The molecule has 5 saturated carbocycles. The number of thiocarbonyl (C=S) groups is 1. The molecule has 6 fully saturated rings. The van der Waals surface area contributed by atoms with Crippen molar-refractivity contribution >= 4 is 126 Å². The largest absolute Gasteiger partial charge is 2.00 e. The fourth-order valence-corrected chi connectivity index (χ4v) is 20.7. The molecule has 13 rings (SSSR count). The maximum Gasteiger partial charge on any atom is 2.00 e. The van der Waals surface area contributed by atoms with E-state index in [1.807, 2.05) is 19.9 Å². The Kier molecular flexibility index (Phi) is 20.8. The number of thiazole rings is 2. The van der Waals surface area contributed by atoms with Crippen LogP contribution in [-0.2, 0) is 42.2 Å². The van der Waals surface area contributed by atoms with Crippen molar-refractivity contribution in [3.05, 3.63) is 103 Å². The molecule has 8 bridgehead atoms. The molecular formula is C76H92N8O5S4Zn. The number of fused-ring (bicyclic) bond motifs is 8. The Hall–Kier alpha value is -5.44. The van der Waals surface area contributed by atoms with E-state index in [9.17, 15) is 24.3 Å². The molecule has 0 radical (unpaired) electrons. The van der Waals surface area contributed by atoms with E-state index in [2.05, 4.69) is 107 Å². The third-order valence-corrected chi connectivity index (χ3v) is 25.8. The summed E-state index contributed by atoms with van der Waals surface area (Å²) in [6, 6.07) is 9.85. The second kappa shape index (κ2) is 28.6. The summed E-state index contributed by atoms with van der Waals surface area (Å²) in [6.45, 7) is 18.5. The molecular weight excluding hydrogens is 1300 g/mol. The minimum atomic E-state index is -1.15. The van der Waals surface area contributed by atoms with Crippen LogP contribution < -0.4 is 35.1 Å². The minimum Gasteiger partial charge on any atom is -0.656 e. The van der Waals surface area contributed by atoms with Crippen LogP contribution in [-0.4, -0.2) is 63.8 Å². The van der Waals surface area contributed by atoms with Gasteiger partial charge in [0.1, 0.15) is 30.4 Å². The molecule has 18 heteroatoms. The molecule has 0 aromatic carbocycles. The third kappa shape index (κ3) is 13.9. The molecule has 1 saturated heterocycles. The van der Waals surface area contributed by atoms with Crippen molar-refractivity contribution in [2.75, 3.05) is 11.4 Å². The molecule has 0 unspecified atom stereocenters. The molecule has 5 aromatic rings. The standard InChI is InChI=1S/C76H94N8O5S4.Zn/c1-9-81-67(70-82(10-2)69(88)74(90)93-70)73(89)92-71(81)72-83(44-63(85)86)68(87)62(91-72)43-46-23-21-45(22-24-46)25-34-53-54-35-37-56(77-54)64(47-17-13-11-14-18-47)58-39-41-60(79-58)66(61-42-40-59(80-61)65(48-19-15-12-16-20-48)57-38-36-55(53)78-57)84(51-30-26-49(27-31-51)75(3,4)5)52-32-28-50(29-33-52)76(6,7)8;/h35-43,45-52H,9-24,26-33,44H2,1-8H3,(H3,77,78,79,80,85,86,88,90);/q;+2/p-2/b54-53?,55-53?,62-43?,64-56?,64-58?,65-57?,65-59?,66-60?,66-61?,70-67+,72-71+;. The van der Waals surface area contributed by atoms with Gasteiger partial charge in [-0.15, -0.1) is 33.4 Å². The SMILES string of the molecule is CCN1C(=O)C(=S)S/C1=c1\c(=O)s/c(=c2/sc(=CC3CCC(C#Cc4c5nc(c(C6CCCCC6)c6ccc([n-]6)c(N(C6CCC(C(C)(C)C)CC6)C6CCC(C(C)(C)C)CC6)c6nc(c(C7CCCCC7)c7ccc4[n-]7)C=C6)C=C5)CC3)c(=O)n2CC(=O)O)n1CC.[Zn+2]. The number of carboxylic acid groups (broad SMARTS) is 1. The molecule has 0 atom stereocenters. The Labute approximate surface area is 584 Å². The van der Waals surface area contributed by atoms with Gasteiger partial charge in [0, 0.05) is 42.3 Å². The zero-order chi connectivity index (χ0) is 65.0. The summed E-state index contributed by atoms with van der Waals surface area (Å²) in [7, 11) is 0. The Bertz CT molecular complexity index is 4360. The molecule has 1 amide bonds. The molecule has 5 aromatic heterocycles. The summed E-state index contributed by atoms with van der Waals surface area (Å²) in [5.74, 6) is 8.26. The van der Waals surface area contributed by atoms with Gasteiger partial charge < -0.3 is 24.5 Å². The van der Waals surface area contributed by atoms with E-state index >= 15 is 0 Å². The number of amides is 1. The first-order valence-corrected chi connectivity index (χ1v) is 37.9. The van der Waals surface area contributed by atoms with Crippen LogP contribution in [0.4, 0.5) is 5.69 Å². The third-order valence-electron chi connectivity index (χ3n) is 22.1. The number of aromatic nitrogens is 6. The Morgan fingerprint density at radius 3 is 1.70 bits per heavy atom. The van der Waals surface area contributed by atoms with E-state index in [4.69, 9.17) is 32.2 Å². The van der Waals surface area contributed by atoms with Crippen LogP contribution in [0.2, 0.25) is 0 Å². The summed E-state index contributed by atoms with van der Waals surface area (Å²) in [4.78, 5) is 81.0. The van der Waals surface area contributed by atoms with Crippen molar-refractivity contribution < 1.29 is 34.2 Å². The van der Waals surface area contributed by atoms with Crippen LogP contribution >= 0.6 is 46.7 Å². The zero-order valence-corrected chi connectivity index (χ0v) is 62.7. The number of hydrogen-bond acceptors (Lipinski definition) is 11. The number of thioether (sulfide) groups is 1. The first kappa shape index (κ1) is 68.5. The van der Waals surface area contributed by atoms with E-state index in [1.165, 1.54) is 128 Å². The summed E-state index contributed by atoms with van der Waals surface area (Å²) < 4.78 is 4.31. The summed E-state index contributed by atoms with van der Waals surface area (Å²) in [5.41, 5.74) is 12.4. The van der Waals surface area contributed by atoms with Gasteiger partial charge in [0.25, 0.3) is 16.2 Å². The quantitative estimate of drug-likeness (QED) is 0.0786. The van der Waals surface area contributed by atoms with Crippen molar-refractivity contribution in [2.24, 2.45) is 34.5 Å². The van der Waals surface area contributed by atoms with Crippen LogP contribution in [0, 0.1) is 55.7 Å². The molecule has 8 aliphatic rings. The van der Waals surface area contributed by atoms with E-state index in [0.29, 0.717) is 73.1 Å². The monoisotopic (exact) mass is 1390 g/mol. The van der Waals surface area contributed by atoms with Crippen LogP contribution in [0.1, 0.15) is 248 Å². The predicted molar refractivity (Wildman–Crippen MR) is 386 cm³/mol. The van der Waals surface area contributed by atoms with Gasteiger partial charge >= 0.3 is 25.4 Å². The predicted octanol–water partition coefficient (Wildman–Crippen LogP) is 15.5.